The number of rotatable bonds is 19. The Morgan fingerprint density at radius 3 is 2.18 bits per heavy atom. The molecule has 2 atom stereocenters. The summed E-state index contributed by atoms with van der Waals surface area (Å²) in [5, 5.41) is 0. The highest BCUT2D eigenvalue weighted by Gasteiger charge is 2.61. The Labute approximate surface area is 293 Å². The van der Waals surface area contributed by atoms with Crippen molar-refractivity contribution in [1.29, 1.82) is 0 Å². The van der Waals surface area contributed by atoms with Gasteiger partial charge in [-0.05, 0) is 72.9 Å². The van der Waals surface area contributed by atoms with E-state index >= 15 is 0 Å². The molecule has 0 radical (unpaired) electrons. The van der Waals surface area contributed by atoms with E-state index in [0.717, 1.165) is 61.5 Å². The number of furan rings is 1. The molecular weight excluding hydrogens is 620 g/mol. The van der Waals surface area contributed by atoms with Crippen LogP contribution >= 0.6 is 0 Å². The van der Waals surface area contributed by atoms with Crippen LogP contribution in [-0.4, -0.2) is 45.8 Å². The lowest BCUT2D eigenvalue weighted by Gasteiger charge is -2.11. The Morgan fingerprint density at radius 2 is 1.51 bits per heavy atom. The van der Waals surface area contributed by atoms with Gasteiger partial charge in [0.25, 0.3) is 0 Å². The van der Waals surface area contributed by atoms with Crippen LogP contribution in [0.2, 0.25) is 0 Å². The van der Waals surface area contributed by atoms with E-state index in [4.69, 9.17) is 32.8 Å². The van der Waals surface area contributed by atoms with Gasteiger partial charge in [-0.15, -0.1) is 0 Å². The number of ether oxygens (including phenoxy) is 6. The second kappa shape index (κ2) is 19.6. The number of hydrogen-bond donors (Lipinski definition) is 0. The van der Waals surface area contributed by atoms with Gasteiger partial charge in [-0.1, -0.05) is 82.5 Å². The molecule has 0 saturated heterocycles. The third-order valence-electron chi connectivity index (χ3n) is 8.85. The Morgan fingerprint density at radius 1 is 0.837 bits per heavy atom. The summed E-state index contributed by atoms with van der Waals surface area (Å²) in [4.78, 5) is 12.4. The maximum Gasteiger partial charge on any atom is 0.310 e. The molecule has 49 heavy (non-hydrogen) atoms. The first-order valence-corrected chi connectivity index (χ1v) is 17.8. The Hall–Kier alpha value is -3.59. The first-order chi connectivity index (χ1) is 23.7. The molecule has 0 unspecified atom stereocenters. The number of benzene rings is 2. The summed E-state index contributed by atoms with van der Waals surface area (Å²) in [6.45, 7) is 17.1. The highest BCUT2D eigenvalue weighted by Crippen LogP contribution is 2.59. The highest BCUT2D eigenvalue weighted by atomic mass is 16.7. The van der Waals surface area contributed by atoms with Gasteiger partial charge < -0.3 is 32.8 Å². The fourth-order valence-corrected chi connectivity index (χ4v) is 5.96. The third-order valence-corrected chi connectivity index (χ3v) is 8.85. The van der Waals surface area contributed by atoms with Crippen LogP contribution in [0.15, 0.2) is 70.9 Å². The number of allylic oxidation sites excluding steroid dienone is 2. The summed E-state index contributed by atoms with van der Waals surface area (Å²) < 4.78 is 38.7. The maximum atomic E-state index is 12.4. The van der Waals surface area contributed by atoms with Gasteiger partial charge >= 0.3 is 5.97 Å². The quantitative estimate of drug-likeness (QED) is 0.0707. The lowest BCUT2D eigenvalue weighted by Crippen LogP contribution is -2.10. The number of aryl methyl sites for hydroxylation is 1. The maximum absolute atomic E-state index is 12.4. The second-order valence-corrected chi connectivity index (χ2v) is 13.6. The van der Waals surface area contributed by atoms with Gasteiger partial charge in [0.15, 0.2) is 11.5 Å². The van der Waals surface area contributed by atoms with E-state index < -0.39 is 0 Å². The van der Waals surface area contributed by atoms with E-state index in [9.17, 15) is 4.79 Å². The molecule has 1 aliphatic carbocycles. The van der Waals surface area contributed by atoms with Crippen molar-refractivity contribution < 1.29 is 37.6 Å². The zero-order valence-corrected chi connectivity index (χ0v) is 30.4. The van der Waals surface area contributed by atoms with Crippen LogP contribution in [0.4, 0.5) is 0 Å². The molecule has 8 nitrogen and oxygen atoms in total. The van der Waals surface area contributed by atoms with Gasteiger partial charge in [0.1, 0.15) is 12.4 Å². The van der Waals surface area contributed by atoms with Crippen molar-refractivity contribution in [2.75, 3.05) is 39.8 Å². The number of unbranched alkanes of at least 4 members (excludes halogenated alkanes) is 1. The molecule has 0 amide bonds. The van der Waals surface area contributed by atoms with Gasteiger partial charge in [0, 0.05) is 18.6 Å². The third kappa shape index (κ3) is 12.1. The number of esters is 1. The van der Waals surface area contributed by atoms with Crippen LogP contribution in [0.5, 0.6) is 11.5 Å². The second-order valence-electron chi connectivity index (χ2n) is 13.6. The minimum absolute atomic E-state index is 0.0107. The van der Waals surface area contributed by atoms with Crippen molar-refractivity contribution in [3.63, 3.8) is 0 Å². The Kier molecular flexibility index (Phi) is 15.3. The molecule has 2 aliphatic rings. The number of fused-ring (bicyclic) bond motifs is 1. The first kappa shape index (κ1) is 38.2. The molecule has 2 aromatic carbocycles. The van der Waals surface area contributed by atoms with E-state index in [1.807, 2.05) is 30.3 Å². The van der Waals surface area contributed by atoms with Gasteiger partial charge in [-0.25, -0.2) is 0 Å². The molecular formula is C41H56O8. The van der Waals surface area contributed by atoms with Crippen LogP contribution in [0.3, 0.4) is 0 Å². The zero-order chi connectivity index (χ0) is 35.1. The van der Waals surface area contributed by atoms with Crippen molar-refractivity contribution in [1.82, 2.24) is 0 Å². The van der Waals surface area contributed by atoms with E-state index in [0.29, 0.717) is 39.8 Å². The number of carbonyl (C=O) groups is 1. The van der Waals surface area contributed by atoms with Crippen molar-refractivity contribution in [3.05, 3.63) is 94.5 Å². The minimum Gasteiger partial charge on any atom is -0.469 e. The molecule has 268 valence electrons. The summed E-state index contributed by atoms with van der Waals surface area (Å²) in [7, 11) is 0. The van der Waals surface area contributed by atoms with E-state index in [-0.39, 0.29) is 29.8 Å². The van der Waals surface area contributed by atoms with Gasteiger partial charge in [-0.2, -0.15) is 0 Å². The Balaban J connectivity index is 0.000000221. The molecule has 1 fully saturated rings. The molecule has 0 bridgehead atoms. The van der Waals surface area contributed by atoms with Crippen LogP contribution in [0.1, 0.15) is 88.8 Å². The summed E-state index contributed by atoms with van der Waals surface area (Å²) in [5.74, 6) is 2.66. The molecule has 1 aliphatic heterocycles. The summed E-state index contributed by atoms with van der Waals surface area (Å²) in [5.41, 5.74) is 5.77. The largest absolute Gasteiger partial charge is 0.469 e. The normalized spacial score (nSPS) is 16.9. The number of carbonyl (C=O) groups excluding carboxylic acids is 1. The first-order valence-electron chi connectivity index (χ1n) is 17.8. The Bertz CT molecular complexity index is 1450. The lowest BCUT2D eigenvalue weighted by atomic mass is 10.0. The van der Waals surface area contributed by atoms with Crippen LogP contribution < -0.4 is 9.47 Å². The predicted octanol–water partition coefficient (Wildman–Crippen LogP) is 8.87. The van der Waals surface area contributed by atoms with Crippen molar-refractivity contribution in [2.24, 2.45) is 17.3 Å². The van der Waals surface area contributed by atoms with Gasteiger partial charge in [0.2, 0.25) is 6.79 Å². The molecule has 8 heteroatoms. The van der Waals surface area contributed by atoms with Crippen LogP contribution in [-0.2, 0) is 49.8 Å². The SMILES string of the molecule is CC(C)=C[C@@H]1[C@@H](C(=O)OCc2coc(Cc3ccccc3)c2)C1(C)C.CCCCOCCOCCOCc1cc2c(cc1CCC)OCO2. The van der Waals surface area contributed by atoms with E-state index in [1.54, 1.807) is 6.26 Å². The molecule has 1 aromatic heterocycles. The molecule has 0 spiro atoms. The summed E-state index contributed by atoms with van der Waals surface area (Å²) in [6, 6.07) is 16.2. The topological polar surface area (TPSA) is 85.6 Å². The molecule has 3 aromatic rings. The molecule has 1 saturated carbocycles. The predicted molar refractivity (Wildman–Crippen MR) is 191 cm³/mol. The average molecular weight is 677 g/mol. The fourth-order valence-electron chi connectivity index (χ4n) is 5.96. The lowest BCUT2D eigenvalue weighted by molar-refractivity contribution is -0.147. The van der Waals surface area contributed by atoms with Gasteiger partial charge in [0.05, 0.1) is 45.2 Å². The number of hydrogen-bond acceptors (Lipinski definition) is 8. The van der Waals surface area contributed by atoms with E-state index in [2.05, 4.69) is 65.8 Å². The van der Waals surface area contributed by atoms with Gasteiger partial charge in [-0.3, -0.25) is 4.79 Å². The fraction of sp³-hybridized carbons (Fsp3) is 0.537. The molecule has 0 N–H and O–H groups in total. The summed E-state index contributed by atoms with van der Waals surface area (Å²) in [6.07, 6.45) is 8.98. The van der Waals surface area contributed by atoms with Crippen molar-refractivity contribution in [2.45, 2.75) is 86.9 Å². The molecule has 5 rings (SSSR count). The zero-order valence-electron chi connectivity index (χ0n) is 30.4. The van der Waals surface area contributed by atoms with E-state index in [1.165, 1.54) is 22.3 Å². The smallest absolute Gasteiger partial charge is 0.310 e. The monoisotopic (exact) mass is 676 g/mol. The molecule has 2 heterocycles. The summed E-state index contributed by atoms with van der Waals surface area (Å²) >= 11 is 0. The van der Waals surface area contributed by atoms with Crippen molar-refractivity contribution in [3.8, 4) is 11.5 Å². The standard InChI is InChI=1S/C22H26O3.C19H30O5/c1-15(2)10-19-20(22(19,3)4)21(23)25-14-17-12-18(24-13-17)11-16-8-6-5-7-9-16;1-3-5-7-20-8-9-21-10-11-22-14-17-13-19-18(23-15-24-19)12-16(17)6-4-2/h5-10,12-13,19-20H,11,14H2,1-4H3;12-13H,3-11,14-15H2,1-2H3/t19-,20+;/m1./s1. The van der Waals surface area contributed by atoms with Crippen LogP contribution in [0, 0.1) is 17.3 Å². The van der Waals surface area contributed by atoms with Crippen molar-refractivity contribution >= 4 is 5.97 Å². The average Bonchev–Trinajstić information content (AvgIpc) is 3.45. The highest BCUT2D eigenvalue weighted by molar-refractivity contribution is 5.78. The minimum atomic E-state index is -0.113. The van der Waals surface area contributed by atoms with Crippen LogP contribution in [0.25, 0.3) is 0 Å².